The van der Waals surface area contributed by atoms with Crippen LogP contribution >= 0.6 is 0 Å². The molecule has 0 aromatic carbocycles. The smallest absolute Gasteiger partial charge is 0.347 e. The van der Waals surface area contributed by atoms with Crippen LogP contribution in [0.25, 0.3) is 0 Å². The van der Waals surface area contributed by atoms with Gasteiger partial charge in [0.15, 0.2) is 6.10 Å². The van der Waals surface area contributed by atoms with Crippen molar-refractivity contribution in [2.24, 2.45) is 0 Å². The molecule has 0 radical (unpaired) electrons. The van der Waals surface area contributed by atoms with Gasteiger partial charge in [0.2, 0.25) is 6.10 Å². The molecule has 0 aromatic rings. The first-order valence-corrected chi connectivity index (χ1v) is 3.11. The van der Waals surface area contributed by atoms with E-state index in [9.17, 15) is 9.59 Å². The Balaban J connectivity index is 2.53. The van der Waals surface area contributed by atoms with Gasteiger partial charge in [0.05, 0.1) is 7.11 Å². The topological polar surface area (TPSA) is 72.8 Å². The highest BCUT2D eigenvalue weighted by Gasteiger charge is 2.37. The lowest BCUT2D eigenvalue weighted by Gasteiger charge is -2.03. The van der Waals surface area contributed by atoms with Crippen molar-refractivity contribution in [3.8, 4) is 0 Å². The Kier molecular flexibility index (Phi) is 2.09. The van der Waals surface area contributed by atoms with E-state index in [0.717, 1.165) is 0 Å². The molecule has 1 aliphatic heterocycles. The fourth-order valence-corrected chi connectivity index (χ4v) is 0.842. The fourth-order valence-electron chi connectivity index (χ4n) is 0.842. The van der Waals surface area contributed by atoms with Gasteiger partial charge in [-0.3, -0.25) is 0 Å². The molecule has 0 spiro atoms. The molecule has 0 bridgehead atoms. The number of carbonyl (C=O) groups excluding carboxylic acids is 2. The molecular formula is C6H8O5. The molecule has 5 nitrogen and oxygen atoms in total. The van der Waals surface area contributed by atoms with E-state index in [2.05, 4.69) is 9.47 Å². The van der Waals surface area contributed by atoms with Crippen molar-refractivity contribution in [3.05, 3.63) is 0 Å². The maximum atomic E-state index is 10.7. The second-order valence-corrected chi connectivity index (χ2v) is 2.20. The van der Waals surface area contributed by atoms with Gasteiger partial charge in [0.1, 0.15) is 0 Å². The number of rotatable bonds is 1. The number of ether oxygens (including phenoxy) is 2. The average Bonchev–Trinajstić information content (AvgIpc) is 2.31. The Morgan fingerprint density at radius 2 is 2.45 bits per heavy atom. The van der Waals surface area contributed by atoms with E-state index in [-0.39, 0.29) is 6.42 Å². The van der Waals surface area contributed by atoms with Gasteiger partial charge in [-0.15, -0.1) is 0 Å². The van der Waals surface area contributed by atoms with Crippen LogP contribution in [0.2, 0.25) is 0 Å². The maximum absolute atomic E-state index is 10.7. The maximum Gasteiger partial charge on any atom is 0.347 e. The molecule has 11 heavy (non-hydrogen) atoms. The molecule has 62 valence electrons. The molecule has 1 rings (SSSR count). The van der Waals surface area contributed by atoms with Crippen LogP contribution in [-0.2, 0) is 19.1 Å². The second-order valence-electron chi connectivity index (χ2n) is 2.20. The zero-order valence-electron chi connectivity index (χ0n) is 5.94. The van der Waals surface area contributed by atoms with Gasteiger partial charge < -0.3 is 14.6 Å². The summed E-state index contributed by atoms with van der Waals surface area (Å²) in [5.41, 5.74) is 0. The predicted octanol–water partition coefficient (Wildman–Crippen LogP) is -1.16. The van der Waals surface area contributed by atoms with E-state index in [0.29, 0.717) is 0 Å². The molecule has 1 fully saturated rings. The van der Waals surface area contributed by atoms with Gasteiger partial charge in [-0.1, -0.05) is 0 Å². The number of aliphatic hydroxyl groups is 1. The molecule has 1 N–H and O–H groups in total. The zero-order valence-corrected chi connectivity index (χ0v) is 5.94. The standard InChI is InChI=1S/C6H8O5/c1-10-6(9)4-2-3(7)5(8)11-4/h3-4,7H,2H2,1H3/t3-,4-/m0/s1. The molecule has 1 heterocycles. The molecule has 5 heteroatoms. The summed E-state index contributed by atoms with van der Waals surface area (Å²) in [4.78, 5) is 21.2. The van der Waals surface area contributed by atoms with Crippen LogP contribution in [0.3, 0.4) is 0 Å². The number of esters is 2. The molecule has 0 aromatic heterocycles. The summed E-state index contributed by atoms with van der Waals surface area (Å²) < 4.78 is 8.77. The van der Waals surface area contributed by atoms with Crippen molar-refractivity contribution in [1.29, 1.82) is 0 Å². The molecule has 0 saturated carbocycles. The summed E-state index contributed by atoms with van der Waals surface area (Å²) >= 11 is 0. The summed E-state index contributed by atoms with van der Waals surface area (Å²) in [6, 6.07) is 0. The van der Waals surface area contributed by atoms with Crippen LogP contribution < -0.4 is 0 Å². The summed E-state index contributed by atoms with van der Waals surface area (Å²) in [5, 5.41) is 8.83. The third kappa shape index (κ3) is 1.48. The number of methoxy groups -OCH3 is 1. The van der Waals surface area contributed by atoms with E-state index >= 15 is 0 Å². The quantitative estimate of drug-likeness (QED) is 0.489. The van der Waals surface area contributed by atoms with Crippen LogP contribution in [0.5, 0.6) is 0 Å². The lowest BCUT2D eigenvalue weighted by Crippen LogP contribution is -2.21. The minimum absolute atomic E-state index is 0.00843. The molecule has 2 atom stereocenters. The SMILES string of the molecule is COC(=O)[C@@H]1C[C@H](O)C(=O)O1. The summed E-state index contributed by atoms with van der Waals surface area (Å²) in [6.45, 7) is 0. The Morgan fingerprint density at radius 3 is 2.82 bits per heavy atom. The first kappa shape index (κ1) is 8.00. The van der Waals surface area contributed by atoms with Crippen molar-refractivity contribution in [1.82, 2.24) is 0 Å². The van der Waals surface area contributed by atoms with Crippen molar-refractivity contribution in [2.45, 2.75) is 18.6 Å². The third-order valence-electron chi connectivity index (χ3n) is 1.43. The number of aliphatic hydroxyl groups excluding tert-OH is 1. The number of hydrogen-bond donors (Lipinski definition) is 1. The number of cyclic esters (lactones) is 1. The molecule has 0 unspecified atom stereocenters. The van der Waals surface area contributed by atoms with E-state index in [1.807, 2.05) is 0 Å². The summed E-state index contributed by atoms with van der Waals surface area (Å²) in [7, 11) is 1.20. The van der Waals surface area contributed by atoms with Crippen LogP contribution in [-0.4, -0.2) is 36.4 Å². The highest BCUT2D eigenvalue weighted by molar-refractivity contribution is 5.85. The Hall–Kier alpha value is -1.10. The van der Waals surface area contributed by atoms with Crippen molar-refractivity contribution in [2.75, 3.05) is 7.11 Å². The number of carbonyl (C=O) groups is 2. The van der Waals surface area contributed by atoms with E-state index in [1.54, 1.807) is 0 Å². The largest absolute Gasteiger partial charge is 0.466 e. The first-order valence-electron chi connectivity index (χ1n) is 3.11. The normalized spacial score (nSPS) is 29.8. The van der Waals surface area contributed by atoms with Gasteiger partial charge in [0.25, 0.3) is 0 Å². The van der Waals surface area contributed by atoms with Gasteiger partial charge in [-0.25, -0.2) is 9.59 Å². The Morgan fingerprint density at radius 1 is 1.82 bits per heavy atom. The number of hydrogen-bond acceptors (Lipinski definition) is 5. The first-order chi connectivity index (χ1) is 5.15. The van der Waals surface area contributed by atoms with Crippen LogP contribution in [0.15, 0.2) is 0 Å². The third-order valence-corrected chi connectivity index (χ3v) is 1.43. The molecule has 1 saturated heterocycles. The van der Waals surface area contributed by atoms with E-state index < -0.39 is 24.1 Å². The molecule has 0 amide bonds. The summed E-state index contributed by atoms with van der Waals surface area (Å²) in [5.74, 6) is -1.39. The lowest BCUT2D eigenvalue weighted by atomic mass is 10.2. The van der Waals surface area contributed by atoms with Crippen molar-refractivity contribution < 1.29 is 24.2 Å². The van der Waals surface area contributed by atoms with Gasteiger partial charge in [-0.2, -0.15) is 0 Å². The highest BCUT2D eigenvalue weighted by atomic mass is 16.6. The van der Waals surface area contributed by atoms with E-state index in [1.165, 1.54) is 7.11 Å². The minimum Gasteiger partial charge on any atom is -0.466 e. The van der Waals surface area contributed by atoms with Crippen LogP contribution in [0.1, 0.15) is 6.42 Å². The van der Waals surface area contributed by atoms with Gasteiger partial charge >= 0.3 is 11.9 Å². The average molecular weight is 160 g/mol. The lowest BCUT2D eigenvalue weighted by molar-refractivity contribution is -0.160. The second kappa shape index (κ2) is 2.87. The summed E-state index contributed by atoms with van der Waals surface area (Å²) in [6.07, 6.45) is -2.12. The van der Waals surface area contributed by atoms with Gasteiger partial charge in [-0.05, 0) is 0 Å². The molecule has 1 aliphatic rings. The van der Waals surface area contributed by atoms with Gasteiger partial charge in [0, 0.05) is 6.42 Å². The monoisotopic (exact) mass is 160 g/mol. The highest BCUT2D eigenvalue weighted by Crippen LogP contribution is 2.15. The predicted molar refractivity (Wildman–Crippen MR) is 32.5 cm³/mol. The zero-order chi connectivity index (χ0) is 8.43. The Bertz CT molecular complexity index is 187. The van der Waals surface area contributed by atoms with Crippen LogP contribution in [0, 0.1) is 0 Å². The molecule has 0 aliphatic carbocycles. The van der Waals surface area contributed by atoms with E-state index in [4.69, 9.17) is 5.11 Å². The molecular weight excluding hydrogens is 152 g/mol. The van der Waals surface area contributed by atoms with Crippen LogP contribution in [0.4, 0.5) is 0 Å². The van der Waals surface area contributed by atoms with Crippen molar-refractivity contribution >= 4 is 11.9 Å². The Labute approximate surface area is 62.9 Å². The fraction of sp³-hybridized carbons (Fsp3) is 0.667. The minimum atomic E-state index is -1.18. The van der Waals surface area contributed by atoms with Crippen molar-refractivity contribution in [3.63, 3.8) is 0 Å².